The van der Waals surface area contributed by atoms with Gasteiger partial charge in [-0.3, -0.25) is 9.59 Å². The Bertz CT molecular complexity index is 1150. The van der Waals surface area contributed by atoms with Crippen LogP contribution in [0, 0.1) is 0 Å². The van der Waals surface area contributed by atoms with E-state index >= 15 is 0 Å². The molecule has 0 aliphatic rings. The Morgan fingerprint density at radius 1 is 0.359 bits per heavy atom. The molecule has 0 bridgehead atoms. The fourth-order valence-electron chi connectivity index (χ4n) is 7.65. The fourth-order valence-corrected chi connectivity index (χ4v) is 7.65. The van der Waals surface area contributed by atoms with E-state index < -0.39 is 6.10 Å². The standard InChI is InChI=1S/C59H104O5/c1-4-7-10-13-16-19-22-24-26-28-30-31-33-35-38-40-43-46-49-52-58(60)63-56-57(64-59(61)53-50-47-44-41-37-21-18-15-12-9-6-3)55-62-54-51-48-45-42-39-36-34-32-29-27-25-23-20-17-14-11-8-5-2/h8,11,17,20,24-27,32,34,39,42,57H,4-7,9-10,12-16,18-19,21-23,28-31,33,35-38,40-41,43-56H2,1-3H3/b11-8-,20-17-,26-24-,27-25-,34-32-,42-39-. The molecule has 0 saturated carbocycles. The molecule has 0 amide bonds. The van der Waals surface area contributed by atoms with Gasteiger partial charge in [0.1, 0.15) is 6.61 Å². The molecule has 0 aromatic carbocycles. The molecular weight excluding hydrogens is 789 g/mol. The smallest absolute Gasteiger partial charge is 0.306 e. The average molecular weight is 893 g/mol. The van der Waals surface area contributed by atoms with Crippen molar-refractivity contribution in [2.45, 2.75) is 271 Å². The molecule has 5 heteroatoms. The van der Waals surface area contributed by atoms with Gasteiger partial charge in [0.25, 0.3) is 0 Å². The molecular formula is C59H104O5. The maximum Gasteiger partial charge on any atom is 0.306 e. The van der Waals surface area contributed by atoms with Crippen molar-refractivity contribution in [3.63, 3.8) is 0 Å². The molecule has 1 atom stereocenters. The predicted octanol–water partition coefficient (Wildman–Crippen LogP) is 18.7. The second kappa shape index (κ2) is 54.7. The summed E-state index contributed by atoms with van der Waals surface area (Å²) in [5, 5.41) is 0. The molecule has 0 radical (unpaired) electrons. The van der Waals surface area contributed by atoms with Crippen molar-refractivity contribution in [1.82, 2.24) is 0 Å². The number of rotatable bonds is 50. The molecule has 0 saturated heterocycles. The average Bonchev–Trinajstić information content (AvgIpc) is 3.30. The number of ether oxygens (including phenoxy) is 3. The highest BCUT2D eigenvalue weighted by molar-refractivity contribution is 5.70. The zero-order valence-corrected chi connectivity index (χ0v) is 42.5. The summed E-state index contributed by atoms with van der Waals surface area (Å²) in [7, 11) is 0. The van der Waals surface area contributed by atoms with Crippen LogP contribution in [0.3, 0.4) is 0 Å². The summed E-state index contributed by atoms with van der Waals surface area (Å²) < 4.78 is 17.4. The number of unbranched alkanes of at least 4 members (excludes halogenated alkanes) is 27. The van der Waals surface area contributed by atoms with E-state index in [0.717, 1.165) is 77.0 Å². The third kappa shape index (κ3) is 52.0. The summed E-state index contributed by atoms with van der Waals surface area (Å²) in [6, 6.07) is 0. The zero-order chi connectivity index (χ0) is 46.3. The van der Waals surface area contributed by atoms with Crippen molar-refractivity contribution in [2.24, 2.45) is 0 Å². The Labute approximate surface area is 397 Å². The van der Waals surface area contributed by atoms with E-state index in [4.69, 9.17) is 14.2 Å². The lowest BCUT2D eigenvalue weighted by molar-refractivity contribution is -0.163. The molecule has 0 aromatic rings. The molecule has 1 unspecified atom stereocenters. The summed E-state index contributed by atoms with van der Waals surface area (Å²) in [5.41, 5.74) is 0. The first-order valence-electron chi connectivity index (χ1n) is 27.5. The summed E-state index contributed by atoms with van der Waals surface area (Å²) in [5.74, 6) is -0.417. The molecule has 5 nitrogen and oxygen atoms in total. The van der Waals surface area contributed by atoms with Crippen LogP contribution in [0.1, 0.15) is 265 Å². The van der Waals surface area contributed by atoms with E-state index in [9.17, 15) is 9.59 Å². The summed E-state index contributed by atoms with van der Waals surface area (Å²) >= 11 is 0. The van der Waals surface area contributed by atoms with Crippen LogP contribution in [0.15, 0.2) is 72.9 Å². The highest BCUT2D eigenvalue weighted by Gasteiger charge is 2.17. The van der Waals surface area contributed by atoms with E-state index in [2.05, 4.69) is 93.7 Å². The minimum absolute atomic E-state index is 0.0672. The Balaban J connectivity index is 4.28. The minimum Gasteiger partial charge on any atom is -0.462 e. The number of carbonyl (C=O) groups is 2. The Morgan fingerprint density at radius 2 is 0.703 bits per heavy atom. The second-order valence-electron chi connectivity index (χ2n) is 18.1. The van der Waals surface area contributed by atoms with E-state index in [1.807, 2.05) is 0 Å². The largest absolute Gasteiger partial charge is 0.462 e. The van der Waals surface area contributed by atoms with Crippen molar-refractivity contribution >= 4 is 11.9 Å². The van der Waals surface area contributed by atoms with Gasteiger partial charge in [0, 0.05) is 19.4 Å². The third-order valence-corrected chi connectivity index (χ3v) is 11.7. The highest BCUT2D eigenvalue weighted by Crippen LogP contribution is 2.15. The number of allylic oxidation sites excluding steroid dienone is 12. The highest BCUT2D eigenvalue weighted by atomic mass is 16.6. The number of carbonyl (C=O) groups excluding carboxylic acids is 2. The van der Waals surface area contributed by atoms with Gasteiger partial charge in [0.05, 0.1) is 6.61 Å². The fraction of sp³-hybridized carbons (Fsp3) is 0.763. The van der Waals surface area contributed by atoms with Crippen molar-refractivity contribution < 1.29 is 23.8 Å². The lowest BCUT2D eigenvalue weighted by atomic mass is 10.1. The van der Waals surface area contributed by atoms with Crippen molar-refractivity contribution in [3.05, 3.63) is 72.9 Å². The summed E-state index contributed by atoms with van der Waals surface area (Å²) in [4.78, 5) is 25.4. The monoisotopic (exact) mass is 893 g/mol. The zero-order valence-electron chi connectivity index (χ0n) is 42.5. The van der Waals surface area contributed by atoms with Gasteiger partial charge in [-0.15, -0.1) is 0 Å². The lowest BCUT2D eigenvalue weighted by Gasteiger charge is -2.18. The van der Waals surface area contributed by atoms with Gasteiger partial charge in [0.2, 0.25) is 0 Å². The Kier molecular flexibility index (Phi) is 52.4. The van der Waals surface area contributed by atoms with Crippen molar-refractivity contribution in [3.8, 4) is 0 Å². The van der Waals surface area contributed by atoms with Gasteiger partial charge in [-0.1, -0.05) is 235 Å². The minimum atomic E-state index is -0.559. The van der Waals surface area contributed by atoms with Crippen LogP contribution in [-0.2, 0) is 23.8 Å². The topological polar surface area (TPSA) is 61.8 Å². The normalized spacial score (nSPS) is 12.7. The van der Waals surface area contributed by atoms with E-state index in [-0.39, 0.29) is 25.2 Å². The van der Waals surface area contributed by atoms with Gasteiger partial charge in [0.15, 0.2) is 6.10 Å². The molecule has 0 rings (SSSR count). The first-order valence-corrected chi connectivity index (χ1v) is 27.5. The molecule has 0 heterocycles. The maximum absolute atomic E-state index is 12.8. The van der Waals surface area contributed by atoms with Crippen LogP contribution in [0.2, 0.25) is 0 Å². The molecule has 0 aliphatic heterocycles. The van der Waals surface area contributed by atoms with Gasteiger partial charge >= 0.3 is 11.9 Å². The molecule has 64 heavy (non-hydrogen) atoms. The van der Waals surface area contributed by atoms with Crippen LogP contribution in [0.4, 0.5) is 0 Å². The van der Waals surface area contributed by atoms with Crippen molar-refractivity contribution in [1.29, 1.82) is 0 Å². The van der Waals surface area contributed by atoms with E-state index in [0.29, 0.717) is 19.4 Å². The van der Waals surface area contributed by atoms with E-state index in [1.165, 1.54) is 154 Å². The van der Waals surface area contributed by atoms with Crippen LogP contribution < -0.4 is 0 Å². The number of hydrogen-bond donors (Lipinski definition) is 0. The van der Waals surface area contributed by atoms with Gasteiger partial charge in [-0.2, -0.15) is 0 Å². The van der Waals surface area contributed by atoms with Crippen LogP contribution >= 0.6 is 0 Å². The molecule has 0 aromatic heterocycles. The maximum atomic E-state index is 12.8. The third-order valence-electron chi connectivity index (χ3n) is 11.7. The molecule has 0 fully saturated rings. The predicted molar refractivity (Wildman–Crippen MR) is 279 cm³/mol. The SMILES string of the molecule is CC/C=C\C/C=C\C/C=C\C/C=C\C/C=C\CCCCOCC(COC(=O)CCCCCCCCCCC/C=C\CCCCCCCC)OC(=O)CCCCCCCCCCCCC. The summed E-state index contributed by atoms with van der Waals surface area (Å²) in [6.45, 7) is 7.63. The quantitative estimate of drug-likeness (QED) is 0.0346. The Morgan fingerprint density at radius 3 is 1.14 bits per heavy atom. The number of esters is 2. The summed E-state index contributed by atoms with van der Waals surface area (Å²) in [6.07, 6.45) is 70.7. The second-order valence-corrected chi connectivity index (χ2v) is 18.1. The van der Waals surface area contributed by atoms with Gasteiger partial charge in [-0.25, -0.2) is 0 Å². The van der Waals surface area contributed by atoms with E-state index in [1.54, 1.807) is 0 Å². The lowest BCUT2D eigenvalue weighted by Crippen LogP contribution is -2.30. The first-order chi connectivity index (χ1) is 31.6. The molecule has 370 valence electrons. The molecule has 0 N–H and O–H groups in total. The van der Waals surface area contributed by atoms with Crippen LogP contribution in [0.25, 0.3) is 0 Å². The molecule has 0 spiro atoms. The van der Waals surface area contributed by atoms with Gasteiger partial charge in [-0.05, 0) is 89.9 Å². The Hall–Kier alpha value is -2.66. The van der Waals surface area contributed by atoms with Crippen LogP contribution in [0.5, 0.6) is 0 Å². The van der Waals surface area contributed by atoms with Crippen LogP contribution in [-0.4, -0.2) is 37.9 Å². The molecule has 0 aliphatic carbocycles. The first kappa shape index (κ1) is 61.3. The number of hydrogen-bond acceptors (Lipinski definition) is 5. The van der Waals surface area contributed by atoms with Gasteiger partial charge < -0.3 is 14.2 Å². The van der Waals surface area contributed by atoms with Crippen molar-refractivity contribution in [2.75, 3.05) is 19.8 Å².